The highest BCUT2D eigenvalue weighted by atomic mass is 16.3. The minimum Gasteiger partial charge on any atom is -0.393 e. The molecule has 0 saturated carbocycles. The summed E-state index contributed by atoms with van der Waals surface area (Å²) >= 11 is 0. The smallest absolute Gasteiger partial charge is 0.0565 e. The quantitative estimate of drug-likeness (QED) is 0.451. The molecule has 0 aromatic carbocycles. The summed E-state index contributed by atoms with van der Waals surface area (Å²) in [5, 5.41) is 29.0. The lowest BCUT2D eigenvalue weighted by atomic mass is 10.00. The van der Waals surface area contributed by atoms with E-state index >= 15 is 0 Å². The summed E-state index contributed by atoms with van der Waals surface area (Å²) < 4.78 is 0. The fraction of sp³-hybridized carbons (Fsp3) is 1.00. The van der Waals surface area contributed by atoms with Gasteiger partial charge in [-0.15, -0.1) is 0 Å². The van der Waals surface area contributed by atoms with E-state index in [1.54, 1.807) is 0 Å². The average Bonchev–Trinajstić information content (AvgIpc) is 2.39. The zero-order valence-electron chi connectivity index (χ0n) is 12.9. The van der Waals surface area contributed by atoms with Crippen molar-refractivity contribution in [3.8, 4) is 0 Å². The van der Waals surface area contributed by atoms with Crippen LogP contribution in [0.2, 0.25) is 0 Å². The number of hydrogen-bond donors (Lipinski definition) is 3. The fourth-order valence-electron chi connectivity index (χ4n) is 2.30. The predicted octanol–water partition coefficient (Wildman–Crippen LogP) is 3.40. The zero-order valence-corrected chi connectivity index (χ0v) is 12.9. The maximum absolute atomic E-state index is 9.82. The van der Waals surface area contributed by atoms with Crippen LogP contribution in [0.4, 0.5) is 0 Å². The summed E-state index contributed by atoms with van der Waals surface area (Å²) in [5.74, 6) is 0. The average molecular weight is 274 g/mol. The van der Waals surface area contributed by atoms with Gasteiger partial charge in [0.1, 0.15) is 0 Å². The molecule has 0 aliphatic heterocycles. The van der Waals surface area contributed by atoms with Crippen molar-refractivity contribution in [1.82, 2.24) is 0 Å². The van der Waals surface area contributed by atoms with E-state index < -0.39 is 6.10 Å². The third kappa shape index (κ3) is 12.6. The molecule has 0 rings (SSSR count). The summed E-state index contributed by atoms with van der Waals surface area (Å²) in [6.07, 6.45) is 9.36. The van der Waals surface area contributed by atoms with Crippen LogP contribution in [0.15, 0.2) is 0 Å². The van der Waals surface area contributed by atoms with E-state index in [2.05, 4.69) is 6.92 Å². The Balaban J connectivity index is 3.43. The van der Waals surface area contributed by atoms with E-state index in [4.69, 9.17) is 0 Å². The van der Waals surface area contributed by atoms with Gasteiger partial charge >= 0.3 is 0 Å². The molecule has 0 fully saturated rings. The molecule has 1 unspecified atom stereocenters. The van der Waals surface area contributed by atoms with Crippen LogP contribution in [0, 0.1) is 0 Å². The van der Waals surface area contributed by atoms with Gasteiger partial charge in [-0.2, -0.15) is 0 Å². The molecule has 0 bridgehead atoms. The molecular weight excluding hydrogens is 240 g/mol. The van der Waals surface area contributed by atoms with Crippen molar-refractivity contribution in [3.63, 3.8) is 0 Å². The highest BCUT2D eigenvalue weighted by Gasteiger charge is 2.13. The van der Waals surface area contributed by atoms with E-state index in [0.29, 0.717) is 19.3 Å². The highest BCUT2D eigenvalue weighted by Crippen LogP contribution is 2.14. The van der Waals surface area contributed by atoms with Crippen molar-refractivity contribution in [1.29, 1.82) is 0 Å². The molecule has 3 atom stereocenters. The highest BCUT2D eigenvalue weighted by molar-refractivity contribution is 4.66. The Hall–Kier alpha value is -0.120. The van der Waals surface area contributed by atoms with E-state index in [9.17, 15) is 15.3 Å². The lowest BCUT2D eigenvalue weighted by molar-refractivity contribution is 0.0564. The van der Waals surface area contributed by atoms with Crippen LogP contribution in [0.25, 0.3) is 0 Å². The van der Waals surface area contributed by atoms with Crippen LogP contribution < -0.4 is 0 Å². The molecule has 0 aromatic rings. The number of unbranched alkanes of at least 4 members (excludes halogenated alkanes) is 5. The Morgan fingerprint density at radius 3 is 1.79 bits per heavy atom. The standard InChI is InChI=1S/C16H34O3/c1-3-5-6-7-8-9-10-15(18)13-16(19)12-11-14(17)4-2/h14-19H,3-13H2,1-2H3/t14?,15-,16+/m1/s1. The van der Waals surface area contributed by atoms with Gasteiger partial charge in [0.2, 0.25) is 0 Å². The van der Waals surface area contributed by atoms with E-state index in [1.807, 2.05) is 6.92 Å². The molecule has 0 aliphatic carbocycles. The fourth-order valence-corrected chi connectivity index (χ4v) is 2.30. The van der Waals surface area contributed by atoms with Gasteiger partial charge in [0.25, 0.3) is 0 Å². The van der Waals surface area contributed by atoms with Gasteiger partial charge in [-0.3, -0.25) is 0 Å². The molecule has 0 amide bonds. The Bertz CT molecular complexity index is 185. The second-order valence-corrected chi connectivity index (χ2v) is 5.74. The summed E-state index contributed by atoms with van der Waals surface area (Å²) in [6, 6.07) is 0. The first-order valence-corrected chi connectivity index (χ1v) is 8.14. The van der Waals surface area contributed by atoms with Crippen molar-refractivity contribution in [3.05, 3.63) is 0 Å². The third-order valence-corrected chi connectivity index (χ3v) is 3.74. The summed E-state index contributed by atoms with van der Waals surface area (Å²) in [4.78, 5) is 0. The van der Waals surface area contributed by atoms with Crippen molar-refractivity contribution < 1.29 is 15.3 Å². The zero-order chi connectivity index (χ0) is 14.5. The summed E-state index contributed by atoms with van der Waals surface area (Å²) in [5.41, 5.74) is 0. The molecule has 0 heterocycles. The predicted molar refractivity (Wildman–Crippen MR) is 80.2 cm³/mol. The maximum Gasteiger partial charge on any atom is 0.0565 e. The van der Waals surface area contributed by atoms with Gasteiger partial charge in [-0.25, -0.2) is 0 Å². The number of rotatable bonds is 13. The maximum atomic E-state index is 9.82. The number of aliphatic hydroxyl groups excluding tert-OH is 3. The lowest BCUT2D eigenvalue weighted by Gasteiger charge is -2.16. The SMILES string of the molecule is CCCCCCCC[C@@H](O)C[C@@H](O)CCC(O)CC. The first kappa shape index (κ1) is 18.9. The summed E-state index contributed by atoms with van der Waals surface area (Å²) in [6.45, 7) is 4.14. The monoisotopic (exact) mass is 274 g/mol. The second-order valence-electron chi connectivity index (χ2n) is 5.74. The van der Waals surface area contributed by atoms with Crippen molar-refractivity contribution in [2.24, 2.45) is 0 Å². The van der Waals surface area contributed by atoms with Gasteiger partial charge < -0.3 is 15.3 Å². The largest absolute Gasteiger partial charge is 0.393 e. The second kappa shape index (κ2) is 12.9. The molecule has 0 radical (unpaired) electrons. The lowest BCUT2D eigenvalue weighted by Crippen LogP contribution is -2.19. The van der Waals surface area contributed by atoms with Crippen molar-refractivity contribution in [2.45, 2.75) is 103 Å². The first-order chi connectivity index (χ1) is 9.10. The summed E-state index contributed by atoms with van der Waals surface area (Å²) in [7, 11) is 0. The Morgan fingerprint density at radius 2 is 1.16 bits per heavy atom. The molecule has 0 aromatic heterocycles. The molecule has 116 valence electrons. The molecule has 3 nitrogen and oxygen atoms in total. The van der Waals surface area contributed by atoms with Gasteiger partial charge in [-0.05, 0) is 32.1 Å². The Labute approximate surface area is 119 Å². The van der Waals surface area contributed by atoms with Gasteiger partial charge in [0, 0.05) is 0 Å². The molecule has 0 aliphatic rings. The van der Waals surface area contributed by atoms with E-state index in [1.165, 1.54) is 32.1 Å². The first-order valence-electron chi connectivity index (χ1n) is 8.14. The molecule has 19 heavy (non-hydrogen) atoms. The van der Waals surface area contributed by atoms with Crippen LogP contribution in [-0.4, -0.2) is 33.6 Å². The van der Waals surface area contributed by atoms with E-state index in [-0.39, 0.29) is 12.2 Å². The van der Waals surface area contributed by atoms with Crippen LogP contribution in [-0.2, 0) is 0 Å². The molecular formula is C16H34O3. The van der Waals surface area contributed by atoms with Crippen molar-refractivity contribution in [2.75, 3.05) is 0 Å². The minimum atomic E-state index is -0.476. The third-order valence-electron chi connectivity index (χ3n) is 3.74. The van der Waals surface area contributed by atoms with Gasteiger partial charge in [-0.1, -0.05) is 52.4 Å². The topological polar surface area (TPSA) is 60.7 Å². The van der Waals surface area contributed by atoms with Gasteiger partial charge in [0.15, 0.2) is 0 Å². The molecule has 3 heteroatoms. The van der Waals surface area contributed by atoms with Gasteiger partial charge in [0.05, 0.1) is 18.3 Å². The van der Waals surface area contributed by atoms with Crippen LogP contribution >= 0.6 is 0 Å². The molecule has 0 spiro atoms. The van der Waals surface area contributed by atoms with Crippen LogP contribution in [0.5, 0.6) is 0 Å². The Morgan fingerprint density at radius 1 is 0.632 bits per heavy atom. The number of hydrogen-bond acceptors (Lipinski definition) is 3. The van der Waals surface area contributed by atoms with Crippen molar-refractivity contribution >= 4 is 0 Å². The Kier molecular flexibility index (Phi) is 12.8. The molecule has 0 saturated heterocycles. The number of aliphatic hydroxyl groups is 3. The van der Waals surface area contributed by atoms with Crippen LogP contribution in [0.3, 0.4) is 0 Å². The van der Waals surface area contributed by atoms with Crippen LogP contribution in [0.1, 0.15) is 84.5 Å². The molecule has 3 N–H and O–H groups in total. The normalized spacial score (nSPS) is 16.3. The minimum absolute atomic E-state index is 0.314. The van der Waals surface area contributed by atoms with E-state index in [0.717, 1.165) is 19.3 Å².